The number of hydrogen-bond donors (Lipinski definition) is 1. The largest absolute Gasteiger partial charge is 0.444 e. The van der Waals surface area contributed by atoms with E-state index in [9.17, 15) is 9.59 Å². The van der Waals surface area contributed by atoms with E-state index in [0.29, 0.717) is 26.1 Å². The zero-order valence-electron chi connectivity index (χ0n) is 20.3. The lowest BCUT2D eigenvalue weighted by Crippen LogP contribution is -2.38. The summed E-state index contributed by atoms with van der Waals surface area (Å²) in [5, 5.41) is 2.98. The number of nitrogens with zero attached hydrogens (tertiary/aromatic N) is 4. The van der Waals surface area contributed by atoms with Gasteiger partial charge in [-0.2, -0.15) is 11.8 Å². The van der Waals surface area contributed by atoms with Crippen LogP contribution in [-0.2, 0) is 28.4 Å². The molecule has 0 bridgehead atoms. The van der Waals surface area contributed by atoms with Crippen molar-refractivity contribution in [3.63, 3.8) is 0 Å². The minimum absolute atomic E-state index is 0.0819. The molecule has 2 heterocycles. The Kier molecular flexibility index (Phi) is 8.92. The molecular weight excluding hydrogens is 450 g/mol. The van der Waals surface area contributed by atoms with E-state index in [1.54, 1.807) is 29.1 Å². The molecule has 34 heavy (non-hydrogen) atoms. The average Bonchev–Trinajstić information content (AvgIpc) is 3.12. The van der Waals surface area contributed by atoms with E-state index >= 15 is 0 Å². The first kappa shape index (κ1) is 25.6. The van der Waals surface area contributed by atoms with Gasteiger partial charge in [0.15, 0.2) is 0 Å². The van der Waals surface area contributed by atoms with Crippen LogP contribution in [0.25, 0.3) is 11.0 Å². The number of fused-ring (bicyclic) bond motifs is 1. The molecule has 0 saturated carbocycles. The summed E-state index contributed by atoms with van der Waals surface area (Å²) in [4.78, 5) is 35.8. The molecule has 0 aliphatic heterocycles. The summed E-state index contributed by atoms with van der Waals surface area (Å²) in [7, 11) is 0. The van der Waals surface area contributed by atoms with Crippen LogP contribution in [-0.4, -0.2) is 56.4 Å². The van der Waals surface area contributed by atoms with Gasteiger partial charge in [0.25, 0.3) is 0 Å². The lowest BCUT2D eigenvalue weighted by atomic mass is 10.2. The van der Waals surface area contributed by atoms with Gasteiger partial charge in [0.1, 0.15) is 18.0 Å². The predicted molar refractivity (Wildman–Crippen MR) is 135 cm³/mol. The molecule has 0 aliphatic carbocycles. The molecule has 8 nitrogen and oxygen atoms in total. The molecule has 3 aromatic rings. The third-order valence-corrected chi connectivity index (χ3v) is 5.53. The van der Waals surface area contributed by atoms with Crippen LogP contribution < -0.4 is 5.32 Å². The number of carbonyl (C=O) groups excluding carboxylic acids is 2. The highest BCUT2D eigenvalue weighted by Gasteiger charge is 2.22. The fourth-order valence-electron chi connectivity index (χ4n) is 3.51. The van der Waals surface area contributed by atoms with Gasteiger partial charge in [-0.25, -0.2) is 9.78 Å². The standard InChI is InChI=1S/C25H33N5O3S/c1-25(2,3)33-24(32)29(16-19-9-7-12-26-15-19)14-8-13-27-23(31)17-30-21-11-6-5-10-20(21)28-22(30)18-34-4/h5-7,9-12,15H,8,13-14,16-18H2,1-4H3,(H,27,31). The van der Waals surface area contributed by atoms with E-state index in [0.717, 1.165) is 28.2 Å². The number of imidazole rings is 1. The highest BCUT2D eigenvalue weighted by atomic mass is 32.2. The van der Waals surface area contributed by atoms with Crippen molar-refractivity contribution in [1.82, 2.24) is 24.8 Å². The summed E-state index contributed by atoms with van der Waals surface area (Å²) < 4.78 is 7.53. The molecule has 0 spiro atoms. The molecule has 1 N–H and O–H groups in total. The molecule has 182 valence electrons. The molecule has 9 heteroatoms. The minimum Gasteiger partial charge on any atom is -0.444 e. The number of pyridine rings is 1. The van der Waals surface area contributed by atoms with E-state index in [4.69, 9.17) is 4.74 Å². The van der Waals surface area contributed by atoms with Crippen LogP contribution >= 0.6 is 11.8 Å². The summed E-state index contributed by atoms with van der Waals surface area (Å²) in [6, 6.07) is 11.6. The molecule has 0 atom stereocenters. The number of hydrogen-bond acceptors (Lipinski definition) is 6. The van der Waals surface area contributed by atoms with Crippen LogP contribution in [0.1, 0.15) is 38.6 Å². The van der Waals surface area contributed by atoms with Crippen LogP contribution in [0, 0.1) is 0 Å². The van der Waals surface area contributed by atoms with Crippen molar-refractivity contribution >= 4 is 34.8 Å². The summed E-state index contributed by atoms with van der Waals surface area (Å²) in [6.45, 7) is 7.05. The van der Waals surface area contributed by atoms with Crippen molar-refractivity contribution in [3.8, 4) is 0 Å². The van der Waals surface area contributed by atoms with Gasteiger partial charge in [0.2, 0.25) is 5.91 Å². The molecular formula is C25H33N5O3S. The molecule has 0 radical (unpaired) electrons. The summed E-state index contributed by atoms with van der Waals surface area (Å²) in [6.07, 6.45) is 5.68. The molecule has 0 unspecified atom stereocenters. The lowest BCUT2D eigenvalue weighted by Gasteiger charge is -2.27. The number of rotatable bonds is 10. The smallest absolute Gasteiger partial charge is 0.410 e. The highest BCUT2D eigenvalue weighted by Crippen LogP contribution is 2.19. The first-order valence-electron chi connectivity index (χ1n) is 11.3. The van der Waals surface area contributed by atoms with Gasteiger partial charge in [-0.15, -0.1) is 0 Å². The molecule has 1 aromatic carbocycles. The van der Waals surface area contributed by atoms with E-state index in [2.05, 4.69) is 15.3 Å². The second kappa shape index (κ2) is 11.9. The van der Waals surface area contributed by atoms with Crippen molar-refractivity contribution in [2.75, 3.05) is 19.3 Å². The monoisotopic (exact) mass is 483 g/mol. The fraction of sp³-hybridized carbons (Fsp3) is 0.440. The van der Waals surface area contributed by atoms with Crippen molar-refractivity contribution in [2.45, 2.75) is 51.6 Å². The molecule has 2 amide bonds. The van der Waals surface area contributed by atoms with Gasteiger partial charge in [0.05, 0.1) is 23.3 Å². The van der Waals surface area contributed by atoms with Crippen LogP contribution in [0.5, 0.6) is 0 Å². The Morgan fingerprint density at radius 3 is 2.68 bits per heavy atom. The van der Waals surface area contributed by atoms with Crippen LogP contribution in [0.3, 0.4) is 0 Å². The van der Waals surface area contributed by atoms with Crippen molar-refractivity contribution in [3.05, 3.63) is 60.2 Å². The van der Waals surface area contributed by atoms with E-state index < -0.39 is 5.60 Å². The number of nitrogens with one attached hydrogen (secondary N) is 1. The van der Waals surface area contributed by atoms with Crippen LogP contribution in [0.15, 0.2) is 48.8 Å². The maximum Gasteiger partial charge on any atom is 0.410 e. The number of thioether (sulfide) groups is 1. The van der Waals surface area contributed by atoms with Gasteiger partial charge < -0.3 is 19.5 Å². The summed E-state index contributed by atoms with van der Waals surface area (Å²) in [5.41, 5.74) is 2.18. The Labute approximate surface area is 205 Å². The summed E-state index contributed by atoms with van der Waals surface area (Å²) in [5.74, 6) is 1.54. The van der Waals surface area contributed by atoms with Crippen molar-refractivity contribution in [1.29, 1.82) is 0 Å². The maximum absolute atomic E-state index is 12.7. The topological polar surface area (TPSA) is 89.4 Å². The van der Waals surface area contributed by atoms with Gasteiger partial charge >= 0.3 is 6.09 Å². The van der Waals surface area contributed by atoms with Gasteiger partial charge in [-0.3, -0.25) is 9.78 Å². The van der Waals surface area contributed by atoms with Crippen molar-refractivity contribution < 1.29 is 14.3 Å². The minimum atomic E-state index is -0.583. The Bertz CT molecular complexity index is 1090. The maximum atomic E-state index is 12.7. The number of amides is 2. The second-order valence-corrected chi connectivity index (χ2v) is 9.87. The third-order valence-electron chi connectivity index (χ3n) is 4.98. The van der Waals surface area contributed by atoms with E-state index in [1.165, 1.54) is 0 Å². The normalized spacial score (nSPS) is 11.4. The quantitative estimate of drug-likeness (QED) is 0.434. The molecule has 0 fully saturated rings. The lowest BCUT2D eigenvalue weighted by molar-refractivity contribution is -0.121. The molecule has 3 rings (SSSR count). The van der Waals surface area contributed by atoms with Crippen LogP contribution in [0.2, 0.25) is 0 Å². The predicted octanol–water partition coefficient (Wildman–Crippen LogP) is 4.24. The Morgan fingerprint density at radius 1 is 1.18 bits per heavy atom. The van der Waals surface area contributed by atoms with Gasteiger partial charge in [-0.1, -0.05) is 18.2 Å². The Morgan fingerprint density at radius 2 is 1.97 bits per heavy atom. The third kappa shape index (κ3) is 7.48. The number of ether oxygens (including phenoxy) is 1. The molecule has 0 saturated heterocycles. The van der Waals surface area contributed by atoms with E-state index in [1.807, 2.05) is 68.0 Å². The zero-order valence-corrected chi connectivity index (χ0v) is 21.1. The number of para-hydroxylation sites is 2. The Hall–Kier alpha value is -3.07. The SMILES string of the molecule is CSCc1nc2ccccc2n1CC(=O)NCCCN(Cc1cccnc1)C(=O)OC(C)(C)C. The second-order valence-electron chi connectivity index (χ2n) is 9.00. The van der Waals surface area contributed by atoms with Gasteiger partial charge in [-0.05, 0) is 57.2 Å². The first-order chi connectivity index (χ1) is 16.3. The van der Waals surface area contributed by atoms with E-state index in [-0.39, 0.29) is 18.5 Å². The summed E-state index contributed by atoms with van der Waals surface area (Å²) >= 11 is 1.67. The zero-order chi connectivity index (χ0) is 24.6. The fourth-order valence-corrected chi connectivity index (χ4v) is 3.99. The first-order valence-corrected chi connectivity index (χ1v) is 12.7. The Balaban J connectivity index is 1.56. The molecule has 0 aliphatic rings. The number of carbonyl (C=O) groups is 2. The van der Waals surface area contributed by atoms with Crippen LogP contribution in [0.4, 0.5) is 4.79 Å². The number of aromatic nitrogens is 3. The van der Waals surface area contributed by atoms with Crippen molar-refractivity contribution in [2.24, 2.45) is 0 Å². The van der Waals surface area contributed by atoms with Gasteiger partial charge in [0, 0.05) is 25.5 Å². The molecule has 2 aromatic heterocycles. The highest BCUT2D eigenvalue weighted by molar-refractivity contribution is 7.97. The average molecular weight is 484 g/mol. The number of benzene rings is 1.